The Morgan fingerprint density at radius 2 is 2.44 bits per heavy atom. The summed E-state index contributed by atoms with van der Waals surface area (Å²) in [6.07, 6.45) is 3.41. The van der Waals surface area contributed by atoms with Crippen LogP contribution in [-0.4, -0.2) is 4.98 Å². The summed E-state index contributed by atoms with van der Waals surface area (Å²) in [6.45, 7) is 0. The van der Waals surface area contributed by atoms with Gasteiger partial charge in [0.05, 0.1) is 0 Å². The summed E-state index contributed by atoms with van der Waals surface area (Å²) in [4.78, 5) is 3.87. The van der Waals surface area contributed by atoms with E-state index in [0.29, 0.717) is 0 Å². The molecule has 0 atom stereocenters. The molecule has 0 saturated carbocycles. The number of nitrogens with zero attached hydrogens (tertiary/aromatic N) is 1. The van der Waals surface area contributed by atoms with Crippen molar-refractivity contribution >= 4 is 12.6 Å². The number of thiol groups is 1. The quantitative estimate of drug-likeness (QED) is 0.418. The lowest BCUT2D eigenvalue weighted by Crippen LogP contribution is -1.72. The second-order valence-electron chi connectivity index (χ2n) is 1.48. The van der Waals surface area contributed by atoms with Gasteiger partial charge in [-0.05, 0) is 17.4 Å². The minimum absolute atomic E-state index is 0.896. The Morgan fingerprint density at radius 3 is 3.00 bits per heavy atom. The Labute approximate surface area is 59.5 Å². The second-order valence-corrected chi connectivity index (χ2v) is 1.70. The molecule has 9 heavy (non-hydrogen) atoms. The first-order valence-electron chi connectivity index (χ1n) is 2.48. The molecule has 0 amide bonds. The molecule has 44 valence electrons. The molecule has 1 nitrogen and oxygen atoms in total. The van der Waals surface area contributed by atoms with Crippen LogP contribution >= 0.6 is 12.6 Å². The van der Waals surface area contributed by atoms with Crippen LogP contribution < -0.4 is 0 Å². The van der Waals surface area contributed by atoms with Gasteiger partial charge < -0.3 is 0 Å². The third-order valence-corrected chi connectivity index (χ3v) is 0.974. The fraction of sp³-hybridized carbons (Fsp3) is 0. The molecule has 0 fully saturated rings. The summed E-state index contributed by atoms with van der Waals surface area (Å²) in [5.74, 6) is 2.76. The largest absolute Gasteiger partial charge is 0.263 e. The highest BCUT2D eigenvalue weighted by atomic mass is 32.1. The molecule has 1 heterocycles. The zero-order chi connectivity index (χ0) is 6.53. The molecule has 0 unspecified atom stereocenters. The van der Waals surface area contributed by atoms with Crippen LogP contribution in [0.5, 0.6) is 0 Å². The maximum absolute atomic E-state index is 3.87. The molecular formula is C7H5NS. The summed E-state index contributed by atoms with van der Waals surface area (Å²) in [7, 11) is 0. The predicted octanol–water partition coefficient (Wildman–Crippen LogP) is 1.32. The van der Waals surface area contributed by atoms with Crippen LogP contribution in [-0.2, 0) is 0 Å². The van der Waals surface area contributed by atoms with Crippen molar-refractivity contribution in [2.45, 2.75) is 0 Å². The second kappa shape index (κ2) is 3.16. The average Bonchev–Trinajstić information content (AvgIpc) is 1.91. The molecule has 0 N–H and O–H groups in total. The van der Waals surface area contributed by atoms with Crippen LogP contribution in [0.3, 0.4) is 0 Å². The van der Waals surface area contributed by atoms with E-state index in [-0.39, 0.29) is 0 Å². The maximum Gasteiger partial charge on any atom is 0.0437 e. The van der Waals surface area contributed by atoms with Crippen molar-refractivity contribution in [2.75, 3.05) is 0 Å². The molecule has 1 rings (SSSR count). The number of rotatable bonds is 0. The van der Waals surface area contributed by atoms with E-state index in [1.54, 1.807) is 12.4 Å². The normalized spacial score (nSPS) is 7.67. The fourth-order valence-corrected chi connectivity index (χ4v) is 0.630. The maximum atomic E-state index is 3.87. The lowest BCUT2D eigenvalue weighted by molar-refractivity contribution is 1.31. The van der Waals surface area contributed by atoms with E-state index in [4.69, 9.17) is 0 Å². The van der Waals surface area contributed by atoms with E-state index in [9.17, 15) is 0 Å². The highest BCUT2D eigenvalue weighted by Gasteiger charge is 1.79. The van der Waals surface area contributed by atoms with Gasteiger partial charge >= 0.3 is 0 Å². The van der Waals surface area contributed by atoms with Crippen molar-refractivity contribution in [1.29, 1.82) is 0 Å². The highest BCUT2D eigenvalue weighted by Crippen LogP contribution is 1.90. The van der Waals surface area contributed by atoms with Crippen LogP contribution in [0.2, 0.25) is 0 Å². The first kappa shape index (κ1) is 6.18. The van der Waals surface area contributed by atoms with Crippen molar-refractivity contribution in [3.63, 3.8) is 0 Å². The van der Waals surface area contributed by atoms with E-state index in [1.807, 2.05) is 12.1 Å². The summed E-state index contributed by atoms with van der Waals surface area (Å²) >= 11 is 3.74. The van der Waals surface area contributed by atoms with Crippen LogP contribution in [0.15, 0.2) is 24.5 Å². The van der Waals surface area contributed by atoms with Crippen LogP contribution in [0.25, 0.3) is 0 Å². The summed E-state index contributed by atoms with van der Waals surface area (Å²) in [5.41, 5.74) is 0.896. The Balaban J connectivity index is 2.94. The lowest BCUT2D eigenvalue weighted by atomic mass is 10.3. The smallest absolute Gasteiger partial charge is 0.0437 e. The number of hydrogen-bond acceptors (Lipinski definition) is 2. The van der Waals surface area contributed by atoms with Crippen molar-refractivity contribution < 1.29 is 0 Å². The molecule has 0 aliphatic heterocycles. The first-order valence-corrected chi connectivity index (χ1v) is 2.93. The Bertz CT molecular complexity index is 232. The number of hydrogen-bond donors (Lipinski definition) is 1. The van der Waals surface area contributed by atoms with E-state index >= 15 is 0 Å². The summed E-state index contributed by atoms with van der Waals surface area (Å²) in [5, 5.41) is 2.49. The Kier molecular flexibility index (Phi) is 2.17. The van der Waals surface area contributed by atoms with E-state index < -0.39 is 0 Å². The molecular weight excluding hydrogens is 130 g/mol. The topological polar surface area (TPSA) is 12.9 Å². The molecule has 0 aromatic carbocycles. The van der Waals surface area contributed by atoms with E-state index in [0.717, 1.165) is 5.56 Å². The van der Waals surface area contributed by atoms with Gasteiger partial charge in [-0.3, -0.25) is 4.98 Å². The Morgan fingerprint density at radius 1 is 1.56 bits per heavy atom. The third kappa shape index (κ3) is 1.79. The van der Waals surface area contributed by atoms with Gasteiger partial charge in [-0.1, -0.05) is 18.5 Å². The Hall–Kier alpha value is -0.940. The monoisotopic (exact) mass is 135 g/mol. The lowest BCUT2D eigenvalue weighted by Gasteiger charge is -1.82. The molecule has 0 saturated heterocycles. The number of pyridine rings is 1. The molecule has 1 aromatic rings. The third-order valence-electron chi connectivity index (χ3n) is 0.862. The zero-order valence-corrected chi connectivity index (χ0v) is 5.60. The van der Waals surface area contributed by atoms with Gasteiger partial charge in [-0.25, -0.2) is 0 Å². The average molecular weight is 135 g/mol. The van der Waals surface area contributed by atoms with Gasteiger partial charge in [0.15, 0.2) is 0 Å². The molecule has 0 aliphatic rings. The minimum Gasteiger partial charge on any atom is -0.263 e. The van der Waals surface area contributed by atoms with E-state index in [2.05, 4.69) is 28.8 Å². The molecule has 0 radical (unpaired) electrons. The zero-order valence-electron chi connectivity index (χ0n) is 4.70. The van der Waals surface area contributed by atoms with Gasteiger partial charge in [-0.2, -0.15) is 0 Å². The standard InChI is InChI=1S/C7H5NS/c9-5-3-7-2-1-4-8-6-7/h1-2,4,6,9H. The van der Waals surface area contributed by atoms with Gasteiger partial charge in [-0.15, -0.1) is 0 Å². The minimum atomic E-state index is 0.896. The molecule has 0 spiro atoms. The molecule has 0 aliphatic carbocycles. The fourth-order valence-electron chi connectivity index (χ4n) is 0.501. The van der Waals surface area contributed by atoms with Gasteiger partial charge in [0.1, 0.15) is 0 Å². The summed E-state index contributed by atoms with van der Waals surface area (Å²) in [6, 6.07) is 3.73. The van der Waals surface area contributed by atoms with E-state index in [1.165, 1.54) is 0 Å². The van der Waals surface area contributed by atoms with Crippen LogP contribution in [0.4, 0.5) is 0 Å². The van der Waals surface area contributed by atoms with Gasteiger partial charge in [0.25, 0.3) is 0 Å². The molecule has 2 heteroatoms. The number of aromatic nitrogens is 1. The highest BCUT2D eigenvalue weighted by molar-refractivity contribution is 7.85. The van der Waals surface area contributed by atoms with Crippen molar-refractivity contribution in [3.8, 4) is 11.2 Å². The van der Waals surface area contributed by atoms with Crippen molar-refractivity contribution in [1.82, 2.24) is 4.98 Å². The van der Waals surface area contributed by atoms with Gasteiger partial charge in [0, 0.05) is 18.0 Å². The van der Waals surface area contributed by atoms with Gasteiger partial charge in [0.2, 0.25) is 0 Å². The summed E-state index contributed by atoms with van der Waals surface area (Å²) < 4.78 is 0. The van der Waals surface area contributed by atoms with Crippen molar-refractivity contribution in [3.05, 3.63) is 30.1 Å². The molecule has 1 aromatic heterocycles. The first-order chi connectivity index (χ1) is 4.43. The predicted molar refractivity (Wildman–Crippen MR) is 40.1 cm³/mol. The van der Waals surface area contributed by atoms with Crippen LogP contribution in [0, 0.1) is 11.2 Å². The SMILES string of the molecule is SC#Cc1cccnc1. The van der Waals surface area contributed by atoms with Crippen LogP contribution in [0.1, 0.15) is 5.56 Å². The van der Waals surface area contributed by atoms with Crippen molar-refractivity contribution in [2.24, 2.45) is 0 Å². The molecule has 0 bridgehead atoms.